The van der Waals surface area contributed by atoms with Gasteiger partial charge in [-0.3, -0.25) is 9.13 Å². The molecule has 2 aromatic heterocycles. The van der Waals surface area contributed by atoms with E-state index in [1.807, 2.05) is 13.2 Å². The summed E-state index contributed by atoms with van der Waals surface area (Å²) < 4.78 is 9.67. The van der Waals surface area contributed by atoms with E-state index in [1.54, 1.807) is 4.57 Å². The highest BCUT2D eigenvalue weighted by Crippen LogP contribution is 2.65. The van der Waals surface area contributed by atoms with Crippen molar-refractivity contribution in [2.45, 2.75) is 76.9 Å². The van der Waals surface area contributed by atoms with Crippen LogP contribution in [-0.4, -0.2) is 31.8 Å². The SMILES string of the molecule is CCC12CC3CC(C1)CC(n1c(=O)n(C)c4cnc(NC5=CC6CCOC6C=C5C)nc41)(C3)C2. The van der Waals surface area contributed by atoms with E-state index in [-0.39, 0.29) is 17.3 Å². The van der Waals surface area contributed by atoms with Crippen molar-refractivity contribution in [3.8, 4) is 0 Å². The zero-order valence-corrected chi connectivity index (χ0v) is 20.5. The molecule has 1 aliphatic heterocycles. The van der Waals surface area contributed by atoms with E-state index in [2.05, 4.69) is 40.9 Å². The Morgan fingerprint density at radius 3 is 2.76 bits per heavy atom. The summed E-state index contributed by atoms with van der Waals surface area (Å²) in [6, 6.07) is 0. The van der Waals surface area contributed by atoms with Gasteiger partial charge >= 0.3 is 5.69 Å². The Bertz CT molecular complexity index is 1290. The topological polar surface area (TPSA) is 74.0 Å². The smallest absolute Gasteiger partial charge is 0.330 e. The summed E-state index contributed by atoms with van der Waals surface area (Å²) in [5, 5.41) is 3.47. The Morgan fingerprint density at radius 2 is 2.00 bits per heavy atom. The maximum Gasteiger partial charge on any atom is 0.330 e. The number of fused-ring (bicyclic) bond motifs is 2. The molecule has 0 aromatic carbocycles. The van der Waals surface area contributed by atoms with E-state index < -0.39 is 0 Å². The minimum Gasteiger partial charge on any atom is -0.373 e. The molecule has 180 valence electrons. The lowest BCUT2D eigenvalue weighted by atomic mass is 9.46. The predicted molar refractivity (Wildman–Crippen MR) is 131 cm³/mol. The molecule has 6 aliphatic rings. The van der Waals surface area contributed by atoms with Crippen LogP contribution in [0.2, 0.25) is 0 Å². The predicted octanol–water partition coefficient (Wildman–Crippen LogP) is 4.50. The Hall–Kier alpha value is -2.41. The van der Waals surface area contributed by atoms with Gasteiger partial charge in [0.2, 0.25) is 5.95 Å². The Balaban J connectivity index is 1.31. The summed E-state index contributed by atoms with van der Waals surface area (Å²) in [6.45, 7) is 5.27. The maximum atomic E-state index is 13.7. The van der Waals surface area contributed by atoms with Crippen molar-refractivity contribution in [3.63, 3.8) is 0 Å². The van der Waals surface area contributed by atoms with Gasteiger partial charge in [-0.2, -0.15) is 4.98 Å². The second kappa shape index (κ2) is 7.06. The highest BCUT2D eigenvalue weighted by molar-refractivity contribution is 5.73. The molecule has 8 rings (SSSR count). The normalized spacial score (nSPS) is 38.2. The molecule has 7 nitrogen and oxygen atoms in total. The molecule has 34 heavy (non-hydrogen) atoms. The summed E-state index contributed by atoms with van der Waals surface area (Å²) in [4.78, 5) is 23.3. The van der Waals surface area contributed by atoms with E-state index >= 15 is 0 Å². The number of rotatable bonds is 4. The third-order valence-electron chi connectivity index (χ3n) is 9.83. The van der Waals surface area contributed by atoms with Crippen molar-refractivity contribution in [3.05, 3.63) is 40.1 Å². The van der Waals surface area contributed by atoms with Crippen LogP contribution in [0.15, 0.2) is 34.4 Å². The van der Waals surface area contributed by atoms with Crippen LogP contribution in [0.4, 0.5) is 5.95 Å². The number of aryl methyl sites for hydroxylation is 1. The lowest BCUT2D eigenvalue weighted by Crippen LogP contribution is -2.58. The first kappa shape index (κ1) is 20.9. The number of anilines is 1. The maximum absolute atomic E-state index is 13.7. The fourth-order valence-corrected chi connectivity index (χ4v) is 8.60. The number of nitrogens with one attached hydrogen (secondary N) is 1. The second-order valence-electron chi connectivity index (χ2n) is 12.0. The fraction of sp³-hybridized carbons (Fsp3) is 0.667. The highest BCUT2D eigenvalue weighted by atomic mass is 16.5. The molecule has 4 unspecified atom stereocenters. The zero-order chi connectivity index (χ0) is 23.2. The summed E-state index contributed by atoms with van der Waals surface area (Å²) in [7, 11) is 1.87. The van der Waals surface area contributed by atoms with E-state index in [1.165, 1.54) is 25.7 Å². The van der Waals surface area contributed by atoms with Gasteiger partial charge in [-0.25, -0.2) is 9.78 Å². The van der Waals surface area contributed by atoms with Gasteiger partial charge in [0.05, 0.1) is 17.8 Å². The third kappa shape index (κ3) is 2.88. The standard InChI is InChI=1S/C27H35N5O2/c1-4-26-10-17-8-18(11-26)13-27(12-17,15-26)32-23-21(31(3)25(32)33)14-28-24(30-23)29-20-9-19-5-6-34-22(19)7-16(20)2/h7,9,14,17-19,22H,4-6,8,10-13,15H2,1-3H3,(H,28,29,30). The molecule has 0 radical (unpaired) electrons. The molecule has 4 bridgehead atoms. The van der Waals surface area contributed by atoms with Crippen LogP contribution in [0.25, 0.3) is 11.2 Å². The summed E-state index contributed by atoms with van der Waals surface area (Å²) in [6.07, 6.45) is 16.1. The van der Waals surface area contributed by atoms with Crippen molar-refractivity contribution < 1.29 is 4.74 Å². The molecule has 2 aromatic rings. The number of aromatic nitrogens is 4. The average Bonchev–Trinajstić information content (AvgIpc) is 3.35. The van der Waals surface area contributed by atoms with Crippen LogP contribution in [-0.2, 0) is 17.3 Å². The fourth-order valence-electron chi connectivity index (χ4n) is 8.60. The van der Waals surface area contributed by atoms with E-state index in [4.69, 9.17) is 9.72 Å². The van der Waals surface area contributed by atoms with Crippen LogP contribution in [0, 0.1) is 23.2 Å². The van der Waals surface area contributed by atoms with Crippen LogP contribution in [0.1, 0.15) is 65.2 Å². The molecule has 3 heterocycles. The van der Waals surface area contributed by atoms with Gasteiger partial charge in [-0.1, -0.05) is 25.5 Å². The molecule has 5 fully saturated rings. The summed E-state index contributed by atoms with van der Waals surface area (Å²) in [5.74, 6) is 2.45. The Morgan fingerprint density at radius 1 is 1.21 bits per heavy atom. The number of hydrogen-bond donors (Lipinski definition) is 1. The average molecular weight is 462 g/mol. The van der Waals surface area contributed by atoms with Crippen LogP contribution in [0.3, 0.4) is 0 Å². The van der Waals surface area contributed by atoms with Gasteiger partial charge in [0.1, 0.15) is 5.52 Å². The van der Waals surface area contributed by atoms with Crippen molar-refractivity contribution >= 4 is 17.1 Å². The summed E-state index contributed by atoms with van der Waals surface area (Å²) >= 11 is 0. The number of allylic oxidation sites excluding steroid dienone is 1. The van der Waals surface area contributed by atoms with Gasteiger partial charge in [-0.15, -0.1) is 0 Å². The lowest BCUT2D eigenvalue weighted by molar-refractivity contribution is -0.103. The van der Waals surface area contributed by atoms with Gasteiger partial charge in [0.15, 0.2) is 5.65 Å². The molecule has 4 atom stereocenters. The molecule has 0 amide bonds. The first-order valence-corrected chi connectivity index (χ1v) is 13.1. The van der Waals surface area contributed by atoms with E-state index in [0.717, 1.165) is 66.6 Å². The molecule has 4 saturated carbocycles. The van der Waals surface area contributed by atoms with Crippen molar-refractivity contribution in [1.82, 2.24) is 19.1 Å². The number of imidazole rings is 1. The first-order chi connectivity index (χ1) is 16.4. The van der Waals surface area contributed by atoms with Gasteiger partial charge in [0, 0.05) is 25.3 Å². The molecular weight excluding hydrogens is 426 g/mol. The third-order valence-corrected chi connectivity index (χ3v) is 9.83. The molecule has 0 spiro atoms. The van der Waals surface area contributed by atoms with Gasteiger partial charge in [-0.05, 0) is 74.7 Å². The number of ether oxygens (including phenoxy) is 1. The van der Waals surface area contributed by atoms with Gasteiger partial charge < -0.3 is 10.1 Å². The molecule has 5 aliphatic carbocycles. The van der Waals surface area contributed by atoms with Crippen LogP contribution < -0.4 is 11.0 Å². The van der Waals surface area contributed by atoms with E-state index in [9.17, 15) is 4.79 Å². The number of hydrogen-bond acceptors (Lipinski definition) is 5. The first-order valence-electron chi connectivity index (χ1n) is 13.1. The quantitative estimate of drug-likeness (QED) is 0.726. The Labute approximate surface area is 200 Å². The van der Waals surface area contributed by atoms with Crippen molar-refractivity contribution in [2.75, 3.05) is 11.9 Å². The highest BCUT2D eigenvalue weighted by Gasteiger charge is 2.58. The number of nitrogens with zero attached hydrogens (tertiary/aromatic N) is 4. The largest absolute Gasteiger partial charge is 0.373 e. The minimum atomic E-state index is -0.101. The van der Waals surface area contributed by atoms with Crippen molar-refractivity contribution in [1.29, 1.82) is 0 Å². The second-order valence-corrected chi connectivity index (χ2v) is 12.0. The Kier molecular flexibility index (Phi) is 4.34. The monoisotopic (exact) mass is 461 g/mol. The van der Waals surface area contributed by atoms with Gasteiger partial charge in [0.25, 0.3) is 0 Å². The molecule has 7 heteroatoms. The minimum absolute atomic E-state index is 0.0635. The molecule has 1 N–H and O–H groups in total. The van der Waals surface area contributed by atoms with Crippen LogP contribution in [0.5, 0.6) is 0 Å². The molecule has 1 saturated heterocycles. The zero-order valence-electron chi connectivity index (χ0n) is 20.5. The van der Waals surface area contributed by atoms with E-state index in [0.29, 0.717) is 17.3 Å². The lowest BCUT2D eigenvalue weighted by Gasteiger charge is -2.62. The molecular formula is C27H35N5O2. The summed E-state index contributed by atoms with van der Waals surface area (Å²) in [5.41, 5.74) is 4.18. The van der Waals surface area contributed by atoms with Crippen molar-refractivity contribution in [2.24, 2.45) is 30.2 Å². The van der Waals surface area contributed by atoms with Crippen LogP contribution >= 0.6 is 0 Å².